The molecule has 0 spiro atoms. The second-order valence-electron chi connectivity index (χ2n) is 10.3. The average Bonchev–Trinajstić information content (AvgIpc) is 3.56. The fraction of sp³-hybridized carbons (Fsp3) is 0.517. The van der Waals surface area contributed by atoms with Crippen molar-refractivity contribution in [3.05, 3.63) is 57.5 Å². The molecule has 2 aromatic carbocycles. The largest absolute Gasteiger partial charge is 0.508 e. The summed E-state index contributed by atoms with van der Waals surface area (Å²) < 4.78 is 7.59. The Labute approximate surface area is 218 Å². The Bertz CT molecular complexity index is 1300. The third-order valence-corrected chi connectivity index (χ3v) is 7.99. The second kappa shape index (κ2) is 10.6. The Balaban J connectivity index is 1.90. The van der Waals surface area contributed by atoms with Crippen molar-refractivity contribution in [1.29, 1.82) is 0 Å². The van der Waals surface area contributed by atoms with Crippen molar-refractivity contribution in [2.24, 2.45) is 0 Å². The number of benzene rings is 2. The van der Waals surface area contributed by atoms with Gasteiger partial charge in [0.2, 0.25) is 0 Å². The van der Waals surface area contributed by atoms with Gasteiger partial charge in [0.25, 0.3) is 0 Å². The molecule has 1 atom stereocenters. The number of aromatic nitrogens is 3. The van der Waals surface area contributed by atoms with Gasteiger partial charge in [-0.05, 0) is 72.9 Å². The molecule has 1 unspecified atom stereocenters. The van der Waals surface area contributed by atoms with Gasteiger partial charge in [-0.1, -0.05) is 40.7 Å². The molecule has 4 rings (SSSR count). The number of anilines is 1. The van der Waals surface area contributed by atoms with Crippen LogP contribution in [0.1, 0.15) is 82.9 Å². The number of rotatable bonds is 9. The summed E-state index contributed by atoms with van der Waals surface area (Å²) in [4.78, 5) is 15.6. The molecule has 3 N–H and O–H groups in total. The Morgan fingerprint density at radius 2 is 1.89 bits per heavy atom. The Hall–Kier alpha value is -3.26. The van der Waals surface area contributed by atoms with Crippen molar-refractivity contribution < 1.29 is 14.9 Å². The third kappa shape index (κ3) is 4.63. The molecule has 0 radical (unpaired) electrons. The maximum absolute atomic E-state index is 13.4. The average molecular weight is 509 g/mol. The lowest BCUT2D eigenvalue weighted by Gasteiger charge is -2.37. The summed E-state index contributed by atoms with van der Waals surface area (Å²) in [5.41, 5.74) is 3.39. The third-order valence-electron chi connectivity index (χ3n) is 7.99. The topological polar surface area (TPSA) is 104 Å². The first-order valence-electron chi connectivity index (χ1n) is 13.4. The number of H-pyrrole nitrogens is 1. The van der Waals surface area contributed by atoms with E-state index >= 15 is 0 Å². The molecule has 1 aliphatic rings. The minimum atomic E-state index is -0.686. The number of aromatic hydroxyl groups is 2. The van der Waals surface area contributed by atoms with Crippen LogP contribution in [0.5, 0.6) is 11.5 Å². The number of phenols is 2. The van der Waals surface area contributed by atoms with E-state index < -0.39 is 5.54 Å². The van der Waals surface area contributed by atoms with Crippen LogP contribution in [-0.2, 0) is 16.7 Å². The van der Waals surface area contributed by atoms with E-state index in [0.717, 1.165) is 42.7 Å². The van der Waals surface area contributed by atoms with Crippen LogP contribution >= 0.6 is 0 Å². The number of aromatic amines is 1. The first-order chi connectivity index (χ1) is 17.7. The Morgan fingerprint density at radius 1 is 1.16 bits per heavy atom. The summed E-state index contributed by atoms with van der Waals surface area (Å²) in [6.45, 7) is 11.0. The minimum absolute atomic E-state index is 0.0251. The van der Waals surface area contributed by atoms with Gasteiger partial charge in [-0.15, -0.1) is 0 Å². The number of nitrogens with zero attached hydrogens (tertiary/aromatic N) is 3. The first kappa shape index (κ1) is 26.8. The van der Waals surface area contributed by atoms with Crippen molar-refractivity contribution >= 4 is 5.69 Å². The lowest BCUT2D eigenvalue weighted by Crippen LogP contribution is -2.41. The molecule has 8 nitrogen and oxygen atoms in total. The first-order valence-corrected chi connectivity index (χ1v) is 13.4. The monoisotopic (exact) mass is 508 g/mol. The molecule has 8 heteroatoms. The fourth-order valence-electron chi connectivity index (χ4n) is 5.76. The molecule has 0 saturated carbocycles. The van der Waals surface area contributed by atoms with Crippen LogP contribution in [-0.4, -0.2) is 44.9 Å². The lowest BCUT2D eigenvalue weighted by atomic mass is 9.80. The summed E-state index contributed by atoms with van der Waals surface area (Å²) in [7, 11) is 2.07. The minimum Gasteiger partial charge on any atom is -0.508 e. The Morgan fingerprint density at radius 3 is 2.49 bits per heavy atom. The van der Waals surface area contributed by atoms with Crippen molar-refractivity contribution in [2.45, 2.75) is 84.4 Å². The van der Waals surface area contributed by atoms with Gasteiger partial charge in [0.1, 0.15) is 17.7 Å². The van der Waals surface area contributed by atoms with Crippen LogP contribution in [0.15, 0.2) is 35.1 Å². The highest BCUT2D eigenvalue weighted by Gasteiger charge is 2.37. The van der Waals surface area contributed by atoms with Gasteiger partial charge in [0.05, 0.1) is 11.1 Å². The zero-order chi connectivity index (χ0) is 26.9. The number of nitrogens with one attached hydrogen (secondary N) is 1. The molecule has 200 valence electrons. The van der Waals surface area contributed by atoms with E-state index in [1.165, 1.54) is 6.07 Å². The quantitative estimate of drug-likeness (QED) is 0.354. The zero-order valence-corrected chi connectivity index (χ0v) is 22.8. The van der Waals surface area contributed by atoms with Gasteiger partial charge >= 0.3 is 5.69 Å². The second-order valence-corrected chi connectivity index (χ2v) is 10.3. The van der Waals surface area contributed by atoms with Crippen molar-refractivity contribution in [1.82, 2.24) is 14.8 Å². The summed E-state index contributed by atoms with van der Waals surface area (Å²) in [6.07, 6.45) is 4.26. The SMILES string of the molecule is CCc1cc(N(C)C2CCCO2)ccc1C(CC)(CC)n1c(-c2cc(C(C)C)c(O)cc2O)n[nH]c1=O. The lowest BCUT2D eigenvalue weighted by molar-refractivity contribution is 0.111. The molecular weight excluding hydrogens is 468 g/mol. The van der Waals surface area contributed by atoms with Crippen LogP contribution in [0.25, 0.3) is 11.4 Å². The standard InChI is InChI=1S/C29H40N4O4/c1-7-19-15-20(32(6)26-11-10-14-37-26)12-13-23(19)29(8-2,9-3)33-27(30-31-28(33)36)22-16-21(18(4)5)24(34)17-25(22)35/h12-13,15-18,26,34-35H,7-11,14H2,1-6H3,(H,31,36). The van der Waals surface area contributed by atoms with Gasteiger partial charge < -0.3 is 19.8 Å². The van der Waals surface area contributed by atoms with E-state index in [2.05, 4.69) is 61.1 Å². The van der Waals surface area contributed by atoms with Gasteiger partial charge in [0.15, 0.2) is 5.82 Å². The van der Waals surface area contributed by atoms with Crippen LogP contribution in [0.4, 0.5) is 5.69 Å². The number of aryl methyl sites for hydroxylation is 1. The highest BCUT2D eigenvalue weighted by atomic mass is 16.5. The zero-order valence-electron chi connectivity index (χ0n) is 22.8. The van der Waals surface area contributed by atoms with E-state index in [1.807, 2.05) is 13.8 Å². The van der Waals surface area contributed by atoms with Crippen LogP contribution in [0, 0.1) is 0 Å². The summed E-state index contributed by atoms with van der Waals surface area (Å²) in [6, 6.07) is 9.51. The van der Waals surface area contributed by atoms with Crippen LogP contribution < -0.4 is 10.6 Å². The van der Waals surface area contributed by atoms with Crippen molar-refractivity contribution in [3.8, 4) is 22.9 Å². The molecule has 1 aromatic heterocycles. The van der Waals surface area contributed by atoms with Gasteiger partial charge in [-0.2, -0.15) is 5.10 Å². The van der Waals surface area contributed by atoms with Crippen LogP contribution in [0.2, 0.25) is 0 Å². The molecule has 0 aliphatic carbocycles. The molecule has 0 bridgehead atoms. The number of hydrogen-bond acceptors (Lipinski definition) is 6. The number of ether oxygens (including phenoxy) is 1. The molecular formula is C29H40N4O4. The van der Waals surface area contributed by atoms with E-state index in [1.54, 1.807) is 10.6 Å². The Kier molecular flexibility index (Phi) is 7.69. The molecule has 1 saturated heterocycles. The van der Waals surface area contributed by atoms with Crippen molar-refractivity contribution in [3.63, 3.8) is 0 Å². The predicted molar refractivity (Wildman–Crippen MR) is 147 cm³/mol. The molecule has 1 fully saturated rings. The highest BCUT2D eigenvalue weighted by Crippen LogP contribution is 2.42. The normalized spacial score (nSPS) is 16.0. The molecule has 37 heavy (non-hydrogen) atoms. The van der Waals surface area contributed by atoms with E-state index in [9.17, 15) is 15.0 Å². The smallest absolute Gasteiger partial charge is 0.344 e. The maximum atomic E-state index is 13.4. The van der Waals surface area contributed by atoms with Crippen LogP contribution in [0.3, 0.4) is 0 Å². The maximum Gasteiger partial charge on any atom is 0.344 e. The van der Waals surface area contributed by atoms with Gasteiger partial charge in [-0.3, -0.25) is 4.57 Å². The number of hydrogen-bond donors (Lipinski definition) is 3. The van der Waals surface area contributed by atoms with Crippen molar-refractivity contribution in [2.75, 3.05) is 18.6 Å². The summed E-state index contributed by atoms with van der Waals surface area (Å²) in [5.74, 6) is 0.293. The summed E-state index contributed by atoms with van der Waals surface area (Å²) in [5, 5.41) is 28.2. The highest BCUT2D eigenvalue weighted by molar-refractivity contribution is 5.68. The van der Waals surface area contributed by atoms with Gasteiger partial charge in [0, 0.05) is 25.4 Å². The summed E-state index contributed by atoms with van der Waals surface area (Å²) >= 11 is 0. The van der Waals surface area contributed by atoms with Gasteiger partial charge in [-0.25, -0.2) is 9.89 Å². The van der Waals surface area contributed by atoms with E-state index in [0.29, 0.717) is 29.8 Å². The molecule has 0 amide bonds. The molecule has 1 aliphatic heterocycles. The predicted octanol–water partition coefficient (Wildman–Crippen LogP) is 5.47. The molecule has 3 aromatic rings. The molecule has 2 heterocycles. The number of phenolic OH excluding ortho intramolecular Hbond substituents is 2. The fourth-order valence-corrected chi connectivity index (χ4v) is 5.76. The van der Waals surface area contributed by atoms with E-state index in [4.69, 9.17) is 4.74 Å². The van der Waals surface area contributed by atoms with E-state index in [-0.39, 0.29) is 29.3 Å².